The molecular weight excluding hydrogens is 417 g/mol. The van der Waals surface area contributed by atoms with E-state index in [4.69, 9.17) is 4.74 Å². The highest BCUT2D eigenvalue weighted by Crippen LogP contribution is 2.33. The second-order valence-electron chi connectivity index (χ2n) is 6.82. The van der Waals surface area contributed by atoms with Gasteiger partial charge >= 0.3 is 0 Å². The average Bonchev–Trinajstić information content (AvgIpc) is 3.07. The van der Waals surface area contributed by atoms with Gasteiger partial charge in [0.25, 0.3) is 5.91 Å². The van der Waals surface area contributed by atoms with Gasteiger partial charge in [0.05, 0.1) is 4.91 Å². The first-order valence-corrected chi connectivity index (χ1v) is 10.8. The van der Waals surface area contributed by atoms with Crippen molar-refractivity contribution in [3.63, 3.8) is 0 Å². The predicted octanol–water partition coefficient (Wildman–Crippen LogP) is 4.36. The van der Waals surface area contributed by atoms with Gasteiger partial charge in [-0.1, -0.05) is 12.1 Å². The first kappa shape index (κ1) is 22.6. The maximum Gasteiger partial charge on any atom is 0.286 e. The van der Waals surface area contributed by atoms with Gasteiger partial charge in [0.15, 0.2) is 5.17 Å². The maximum absolute atomic E-state index is 13.2. The van der Waals surface area contributed by atoms with E-state index in [1.807, 2.05) is 18.2 Å². The van der Waals surface area contributed by atoms with E-state index in [0.29, 0.717) is 16.2 Å². The van der Waals surface area contributed by atoms with E-state index in [9.17, 15) is 14.0 Å². The van der Waals surface area contributed by atoms with Crippen LogP contribution >= 0.6 is 11.8 Å². The summed E-state index contributed by atoms with van der Waals surface area (Å²) in [5.74, 6) is -0.398. The number of amidine groups is 1. The molecule has 0 aliphatic carbocycles. The highest BCUT2D eigenvalue weighted by molar-refractivity contribution is 8.18. The molecule has 162 valence electrons. The van der Waals surface area contributed by atoms with E-state index in [1.54, 1.807) is 18.2 Å². The van der Waals surface area contributed by atoms with E-state index in [2.05, 4.69) is 29.1 Å². The van der Waals surface area contributed by atoms with E-state index < -0.39 is 5.91 Å². The van der Waals surface area contributed by atoms with Gasteiger partial charge in [0, 0.05) is 37.3 Å². The molecule has 0 bridgehead atoms. The molecule has 1 N–H and O–H groups in total. The molecule has 0 saturated heterocycles. The van der Waals surface area contributed by atoms with Crippen molar-refractivity contribution in [2.75, 3.05) is 18.0 Å². The molecule has 2 aromatic carbocycles. The Morgan fingerprint density at radius 2 is 1.90 bits per heavy atom. The lowest BCUT2D eigenvalue weighted by molar-refractivity contribution is -0.117. The summed E-state index contributed by atoms with van der Waals surface area (Å²) in [4.78, 5) is 29.9. The fourth-order valence-corrected chi connectivity index (χ4v) is 3.90. The van der Waals surface area contributed by atoms with Crippen LogP contribution in [0.1, 0.15) is 31.9 Å². The summed E-state index contributed by atoms with van der Waals surface area (Å²) in [6.45, 7) is 7.46. The molecule has 1 aliphatic rings. The number of rotatable bonds is 7. The van der Waals surface area contributed by atoms with E-state index >= 15 is 0 Å². The molecule has 0 radical (unpaired) electrons. The van der Waals surface area contributed by atoms with Crippen LogP contribution in [0.15, 0.2) is 52.4 Å². The monoisotopic (exact) mass is 441 g/mol. The lowest BCUT2D eigenvalue weighted by atomic mass is 10.1. The van der Waals surface area contributed by atoms with Gasteiger partial charge in [-0.2, -0.15) is 4.99 Å². The van der Waals surface area contributed by atoms with Gasteiger partial charge < -0.3 is 15.0 Å². The molecule has 8 heteroatoms. The Labute approximate surface area is 185 Å². The predicted molar refractivity (Wildman–Crippen MR) is 123 cm³/mol. The van der Waals surface area contributed by atoms with E-state index in [1.165, 1.54) is 19.1 Å². The van der Waals surface area contributed by atoms with Gasteiger partial charge in [-0.25, -0.2) is 4.39 Å². The van der Waals surface area contributed by atoms with Gasteiger partial charge in [-0.15, -0.1) is 0 Å². The van der Waals surface area contributed by atoms with E-state index in [0.717, 1.165) is 36.1 Å². The summed E-state index contributed by atoms with van der Waals surface area (Å²) >= 11 is 1.11. The molecule has 0 aromatic heterocycles. The van der Waals surface area contributed by atoms with Crippen LogP contribution in [-0.2, 0) is 16.2 Å². The number of nitrogens with zero attached hydrogens (tertiary/aromatic N) is 2. The first-order chi connectivity index (χ1) is 14.9. The zero-order valence-electron chi connectivity index (χ0n) is 17.6. The molecule has 0 unspecified atom stereocenters. The minimum atomic E-state index is -0.411. The molecule has 0 saturated carbocycles. The third kappa shape index (κ3) is 5.95. The summed E-state index contributed by atoms with van der Waals surface area (Å²) in [6, 6.07) is 11.9. The van der Waals surface area contributed by atoms with Crippen LogP contribution in [0.2, 0.25) is 0 Å². The van der Waals surface area contributed by atoms with Crippen molar-refractivity contribution >= 4 is 40.5 Å². The quantitative estimate of drug-likeness (QED) is 0.647. The van der Waals surface area contributed by atoms with Crippen molar-refractivity contribution in [2.24, 2.45) is 4.99 Å². The number of hydrogen-bond donors (Lipinski definition) is 1. The van der Waals surface area contributed by atoms with Crippen LogP contribution in [0.25, 0.3) is 6.08 Å². The molecule has 1 heterocycles. The molecule has 3 rings (SSSR count). The number of hydrogen-bond acceptors (Lipinski definition) is 5. The fraction of sp³-hybridized carbons (Fsp3) is 0.261. The summed E-state index contributed by atoms with van der Waals surface area (Å²) in [5, 5.41) is 2.80. The minimum Gasteiger partial charge on any atom is -0.488 e. The second-order valence-corrected chi connectivity index (χ2v) is 7.85. The second kappa shape index (κ2) is 10.3. The maximum atomic E-state index is 13.2. The summed E-state index contributed by atoms with van der Waals surface area (Å²) in [7, 11) is 0. The zero-order valence-corrected chi connectivity index (χ0v) is 18.5. The molecule has 2 amide bonds. The molecule has 0 spiro atoms. The molecule has 1 aliphatic heterocycles. The average molecular weight is 442 g/mol. The smallest absolute Gasteiger partial charge is 0.286 e. The van der Waals surface area contributed by atoms with Gasteiger partial charge in [-0.05, 0) is 61.5 Å². The Morgan fingerprint density at radius 3 is 2.55 bits per heavy atom. The number of carbonyl (C=O) groups excluding carboxylic acids is 2. The standard InChI is InChI=1S/C23H24FN3O3S/c1-4-27(5-2)19-11-8-17(12-21-22(29)26-23(31-21)25-15(3)28)20(13-19)30-14-16-6-9-18(24)10-7-16/h6-13H,4-5,14H2,1-3H3,(H,25,26,28,29). The summed E-state index contributed by atoms with van der Waals surface area (Å²) < 4.78 is 19.2. The van der Waals surface area contributed by atoms with Crippen molar-refractivity contribution in [2.45, 2.75) is 27.4 Å². The van der Waals surface area contributed by atoms with Crippen molar-refractivity contribution < 1.29 is 18.7 Å². The van der Waals surface area contributed by atoms with Crippen LogP contribution in [0.3, 0.4) is 0 Å². The SMILES string of the molecule is CCN(CC)c1ccc(C=C2SC(NC(C)=O)=NC2=O)c(OCc2ccc(F)cc2)c1. The Bertz CT molecular complexity index is 1030. The normalized spacial score (nSPS) is 14.5. The highest BCUT2D eigenvalue weighted by Gasteiger charge is 2.23. The number of halogens is 1. The summed E-state index contributed by atoms with van der Waals surface area (Å²) in [5.41, 5.74) is 2.55. The summed E-state index contributed by atoms with van der Waals surface area (Å²) in [6.07, 6.45) is 1.71. The third-order valence-electron chi connectivity index (χ3n) is 4.62. The number of aliphatic imine (C=N–C) groups is 1. The Kier molecular flexibility index (Phi) is 7.46. The molecule has 6 nitrogen and oxygen atoms in total. The number of nitrogens with one attached hydrogen (secondary N) is 1. The first-order valence-electron chi connectivity index (χ1n) is 9.96. The van der Waals surface area contributed by atoms with Crippen LogP contribution < -0.4 is 15.0 Å². The van der Waals surface area contributed by atoms with Crippen molar-refractivity contribution in [3.8, 4) is 5.75 Å². The lowest BCUT2D eigenvalue weighted by Gasteiger charge is -2.22. The number of ether oxygens (including phenoxy) is 1. The molecular formula is C23H24FN3O3S. The number of amides is 2. The highest BCUT2D eigenvalue weighted by atomic mass is 32.2. The van der Waals surface area contributed by atoms with Crippen LogP contribution in [0, 0.1) is 5.82 Å². The zero-order chi connectivity index (χ0) is 22.4. The van der Waals surface area contributed by atoms with Crippen LogP contribution in [-0.4, -0.2) is 30.1 Å². The number of anilines is 1. The Balaban J connectivity index is 1.88. The van der Waals surface area contributed by atoms with E-state index in [-0.39, 0.29) is 23.5 Å². The number of carbonyl (C=O) groups is 2. The number of thioether (sulfide) groups is 1. The third-order valence-corrected chi connectivity index (χ3v) is 5.52. The van der Waals surface area contributed by atoms with Crippen LogP contribution in [0.4, 0.5) is 10.1 Å². The molecule has 0 atom stereocenters. The van der Waals surface area contributed by atoms with Gasteiger partial charge in [-0.3, -0.25) is 9.59 Å². The fourth-order valence-electron chi connectivity index (χ4n) is 3.05. The topological polar surface area (TPSA) is 71.0 Å². The largest absolute Gasteiger partial charge is 0.488 e. The molecule has 2 aromatic rings. The molecule has 0 fully saturated rings. The Hall–Kier alpha value is -3.13. The van der Waals surface area contributed by atoms with Gasteiger partial charge in [0.1, 0.15) is 18.2 Å². The van der Waals surface area contributed by atoms with Crippen LogP contribution in [0.5, 0.6) is 5.75 Å². The molecule has 31 heavy (non-hydrogen) atoms. The Morgan fingerprint density at radius 1 is 1.19 bits per heavy atom. The van der Waals surface area contributed by atoms with Crippen molar-refractivity contribution in [3.05, 3.63) is 64.3 Å². The lowest BCUT2D eigenvalue weighted by Crippen LogP contribution is -2.23. The minimum absolute atomic E-state index is 0.257. The number of benzene rings is 2. The van der Waals surface area contributed by atoms with Gasteiger partial charge in [0.2, 0.25) is 5.91 Å². The van der Waals surface area contributed by atoms with Crippen molar-refractivity contribution in [1.82, 2.24) is 5.32 Å². The van der Waals surface area contributed by atoms with Crippen molar-refractivity contribution in [1.29, 1.82) is 0 Å².